The van der Waals surface area contributed by atoms with Crippen molar-refractivity contribution in [2.75, 3.05) is 32.5 Å². The maximum Gasteiger partial charge on any atom is 0.319 e. The summed E-state index contributed by atoms with van der Waals surface area (Å²) in [7, 11) is 3.68. The zero-order valence-electron chi connectivity index (χ0n) is 21.2. The summed E-state index contributed by atoms with van der Waals surface area (Å²) < 4.78 is 0. The molecule has 3 aliphatic rings. The van der Waals surface area contributed by atoms with Crippen molar-refractivity contribution in [1.82, 2.24) is 9.80 Å². The Morgan fingerprint density at radius 1 is 1.20 bits per heavy atom. The average Bonchev–Trinajstić information content (AvgIpc) is 3.37. The number of rotatable bonds is 6. The Kier molecular flexibility index (Phi) is 7.11. The number of carbonyl (C=O) groups excluding carboxylic acids is 2. The molecule has 184 valence electrons. The second-order valence-corrected chi connectivity index (χ2v) is 10.1. The molecule has 1 N–H and O–H groups in total. The summed E-state index contributed by atoms with van der Waals surface area (Å²) in [4.78, 5) is 36.2. The first-order valence-corrected chi connectivity index (χ1v) is 12.5. The van der Waals surface area contributed by atoms with Crippen molar-refractivity contribution < 1.29 is 9.59 Å². The summed E-state index contributed by atoms with van der Waals surface area (Å²) in [6.07, 6.45) is 9.91. The summed E-state index contributed by atoms with van der Waals surface area (Å²) in [5.74, 6) is 0.214. The van der Waals surface area contributed by atoms with Crippen molar-refractivity contribution in [1.29, 1.82) is 0 Å². The van der Waals surface area contributed by atoms with Gasteiger partial charge in [-0.2, -0.15) is 0 Å². The minimum atomic E-state index is -0.260. The molecule has 2 heterocycles. The van der Waals surface area contributed by atoms with E-state index >= 15 is 0 Å². The Hall–Kier alpha value is -3.40. The minimum Gasteiger partial charge on any atom is -0.361 e. The van der Waals surface area contributed by atoms with Gasteiger partial charge >= 0.3 is 6.03 Å². The van der Waals surface area contributed by atoms with Crippen LogP contribution < -0.4 is 5.32 Å². The fourth-order valence-electron chi connectivity index (χ4n) is 5.47. The van der Waals surface area contributed by atoms with E-state index in [1.165, 1.54) is 24.0 Å². The topological polar surface area (TPSA) is 69.4 Å². The van der Waals surface area contributed by atoms with Crippen molar-refractivity contribution in [3.8, 4) is 0 Å². The highest BCUT2D eigenvalue weighted by Crippen LogP contribution is 2.45. The van der Waals surface area contributed by atoms with E-state index in [9.17, 15) is 9.59 Å². The lowest BCUT2D eigenvalue weighted by molar-refractivity contribution is -0.110. The van der Waals surface area contributed by atoms with E-state index < -0.39 is 0 Å². The number of aliphatic imine (C=N–C) groups is 1. The van der Waals surface area contributed by atoms with Gasteiger partial charge in [-0.25, -0.2) is 4.79 Å². The number of allylic oxidation sites excluding steroid dienone is 3. The van der Waals surface area contributed by atoms with Crippen LogP contribution in [0, 0.1) is 12.0 Å². The summed E-state index contributed by atoms with van der Waals surface area (Å²) in [6, 6.07) is 6.29. The van der Waals surface area contributed by atoms with Gasteiger partial charge in [0, 0.05) is 50.8 Å². The molecule has 0 atom stereocenters. The van der Waals surface area contributed by atoms with Crippen LogP contribution in [0.5, 0.6) is 0 Å². The number of carbonyl (C=O) groups is 2. The van der Waals surface area contributed by atoms with E-state index in [1.54, 1.807) is 15.9 Å². The van der Waals surface area contributed by atoms with Gasteiger partial charge in [0.25, 0.3) is 11.7 Å². The summed E-state index contributed by atoms with van der Waals surface area (Å²) >= 11 is 0. The molecule has 1 aromatic carbocycles. The summed E-state index contributed by atoms with van der Waals surface area (Å²) in [5, 5.41) is 3.08. The molecule has 0 bridgehead atoms. The van der Waals surface area contributed by atoms with Gasteiger partial charge in [0.15, 0.2) is 5.71 Å². The number of anilines is 1. The molecule has 3 amide bonds. The normalized spacial score (nSPS) is 20.2. The highest BCUT2D eigenvalue weighted by Gasteiger charge is 2.31. The van der Waals surface area contributed by atoms with Crippen LogP contribution in [0.15, 0.2) is 41.2 Å². The Labute approximate surface area is 208 Å². The molecular weight excluding hydrogens is 438 g/mol. The Bertz CT molecular complexity index is 1140. The van der Waals surface area contributed by atoms with Gasteiger partial charge in [0.1, 0.15) is 0 Å². The van der Waals surface area contributed by atoms with E-state index in [4.69, 9.17) is 6.57 Å². The molecule has 0 spiro atoms. The number of amides is 3. The predicted octanol–water partition coefficient (Wildman–Crippen LogP) is 5.68. The van der Waals surface area contributed by atoms with E-state index in [0.717, 1.165) is 30.5 Å². The number of hydrogen-bond donors (Lipinski definition) is 1. The van der Waals surface area contributed by atoms with Crippen molar-refractivity contribution in [2.24, 2.45) is 10.4 Å². The smallest absolute Gasteiger partial charge is 0.319 e. The monoisotopic (exact) mass is 473 g/mol. The van der Waals surface area contributed by atoms with Crippen LogP contribution in [0.4, 0.5) is 10.5 Å². The first-order chi connectivity index (χ1) is 16.8. The van der Waals surface area contributed by atoms with Crippen LogP contribution in [-0.2, 0) is 4.79 Å². The minimum absolute atomic E-state index is 0.0422. The molecule has 0 unspecified atom stereocenters. The molecular formula is C28H35N5O2. The predicted molar refractivity (Wildman–Crippen MR) is 140 cm³/mol. The fraction of sp³-hybridized carbons (Fsp3) is 0.500. The quantitative estimate of drug-likeness (QED) is 0.540. The first-order valence-electron chi connectivity index (χ1n) is 12.5. The molecule has 0 saturated carbocycles. The number of benzene rings is 1. The van der Waals surface area contributed by atoms with Gasteiger partial charge in [-0.15, -0.1) is 4.99 Å². The molecule has 2 aliphatic heterocycles. The maximum absolute atomic E-state index is 13.0. The van der Waals surface area contributed by atoms with Gasteiger partial charge in [0.05, 0.1) is 0 Å². The lowest BCUT2D eigenvalue weighted by Gasteiger charge is -2.37. The number of hydrogen-bond acceptors (Lipinski definition) is 3. The van der Waals surface area contributed by atoms with Crippen molar-refractivity contribution >= 4 is 28.9 Å². The highest BCUT2D eigenvalue weighted by atomic mass is 16.2. The molecule has 1 saturated heterocycles. The Morgan fingerprint density at radius 3 is 2.49 bits per heavy atom. The third-order valence-corrected chi connectivity index (χ3v) is 8.06. The highest BCUT2D eigenvalue weighted by molar-refractivity contribution is 6.44. The standard InChI is InChI=1S/C28H35N5O2/c1-6-28(7-2)14-12-19(13-15-28)22-16-20(21-17-32(4)27(35)33(5)18-21)8-9-23(22)31-26(34)24-10-11-25(29-3)30-24/h8-9,11-12,16,21H,6-7,10,13-15,17-18H2,1-2,4-5H3,(H,31,34). The van der Waals surface area contributed by atoms with Crippen LogP contribution in [0.3, 0.4) is 0 Å². The van der Waals surface area contributed by atoms with E-state index in [1.807, 2.05) is 20.2 Å². The van der Waals surface area contributed by atoms with Crippen LogP contribution in [0.25, 0.3) is 10.4 Å². The summed E-state index contributed by atoms with van der Waals surface area (Å²) in [5.41, 5.74) is 4.99. The Morgan fingerprint density at radius 2 is 1.91 bits per heavy atom. The molecule has 0 aromatic heterocycles. The second kappa shape index (κ2) is 10.1. The van der Waals surface area contributed by atoms with Crippen molar-refractivity contribution in [2.45, 2.75) is 58.3 Å². The molecule has 35 heavy (non-hydrogen) atoms. The van der Waals surface area contributed by atoms with Crippen molar-refractivity contribution in [3.63, 3.8) is 0 Å². The maximum atomic E-state index is 13.0. The number of urea groups is 1. The van der Waals surface area contributed by atoms with Crippen LogP contribution >= 0.6 is 0 Å². The third-order valence-electron chi connectivity index (χ3n) is 8.06. The van der Waals surface area contributed by atoms with Crippen molar-refractivity contribution in [3.05, 3.63) is 58.7 Å². The second-order valence-electron chi connectivity index (χ2n) is 10.1. The molecule has 1 aliphatic carbocycles. The molecule has 0 radical (unpaired) electrons. The third kappa shape index (κ3) is 5.02. The van der Waals surface area contributed by atoms with E-state index in [0.29, 0.717) is 30.6 Å². The van der Waals surface area contributed by atoms with Gasteiger partial charge in [0.2, 0.25) is 0 Å². The Balaban J connectivity index is 1.66. The van der Waals surface area contributed by atoms with Gasteiger partial charge in [-0.1, -0.05) is 51.5 Å². The molecule has 1 fully saturated rings. The number of likely N-dealkylation sites (N-methyl/N-ethyl adjacent to an activating group) is 2. The van der Waals surface area contributed by atoms with Crippen LogP contribution in [0.1, 0.15) is 69.4 Å². The van der Waals surface area contributed by atoms with E-state index in [-0.39, 0.29) is 23.7 Å². The SMILES string of the molecule is [C-]#[N+]C1=CCC(C(=O)Nc2ccc(C3CN(C)C(=O)N(C)C3)cc2C2=CCC(CC)(CC)CC2)=N1. The summed E-state index contributed by atoms with van der Waals surface area (Å²) in [6.45, 7) is 13.0. The van der Waals surface area contributed by atoms with Gasteiger partial charge in [-0.05, 0) is 47.9 Å². The van der Waals surface area contributed by atoms with Gasteiger partial charge in [-0.3, -0.25) is 4.79 Å². The number of nitrogens with one attached hydrogen (secondary N) is 1. The lowest BCUT2D eigenvalue weighted by Crippen LogP contribution is -2.48. The fourth-order valence-corrected chi connectivity index (χ4v) is 5.47. The zero-order chi connectivity index (χ0) is 25.2. The van der Waals surface area contributed by atoms with Crippen LogP contribution in [-0.4, -0.2) is 54.6 Å². The largest absolute Gasteiger partial charge is 0.361 e. The van der Waals surface area contributed by atoms with E-state index in [2.05, 4.69) is 47.2 Å². The van der Waals surface area contributed by atoms with Gasteiger partial charge < -0.3 is 20.0 Å². The first kappa shape index (κ1) is 24.7. The number of nitrogens with zero attached hydrogens (tertiary/aromatic N) is 4. The lowest BCUT2D eigenvalue weighted by atomic mass is 9.70. The molecule has 7 heteroatoms. The average molecular weight is 474 g/mol. The molecule has 4 rings (SSSR count). The zero-order valence-corrected chi connectivity index (χ0v) is 21.2. The molecule has 7 nitrogen and oxygen atoms in total. The molecule has 1 aromatic rings. The van der Waals surface area contributed by atoms with Crippen LogP contribution in [0.2, 0.25) is 0 Å².